The third kappa shape index (κ3) is 5.38. The molecule has 0 aliphatic rings. The summed E-state index contributed by atoms with van der Waals surface area (Å²) in [6.45, 7) is -1.05. The maximum Gasteiger partial charge on any atom is 0.261 e. The number of sulfonamides is 1. The summed E-state index contributed by atoms with van der Waals surface area (Å²) in [4.78, 5) is -0.139. The van der Waals surface area contributed by atoms with Crippen molar-refractivity contribution in [2.75, 3.05) is 32.6 Å². The van der Waals surface area contributed by atoms with Gasteiger partial charge < -0.3 is 15.2 Å². The van der Waals surface area contributed by atoms with Gasteiger partial charge in [0.15, 0.2) is 0 Å². The van der Waals surface area contributed by atoms with Gasteiger partial charge in [0.2, 0.25) is 10.0 Å². The number of nitrogens with one attached hydrogen (secondary N) is 1. The Kier molecular flexibility index (Phi) is 6.78. The van der Waals surface area contributed by atoms with E-state index in [1.807, 2.05) is 0 Å². The summed E-state index contributed by atoms with van der Waals surface area (Å²) < 4.78 is 60.2. The van der Waals surface area contributed by atoms with Crippen LogP contribution in [0.5, 0.6) is 5.75 Å². The molecule has 3 N–H and O–H groups in total. The molecule has 0 bridgehead atoms. The lowest BCUT2D eigenvalue weighted by atomic mass is 10.3. The third-order valence-corrected chi connectivity index (χ3v) is 4.52. The second kappa shape index (κ2) is 7.87. The number of hydrogen-bond donors (Lipinski definition) is 2. The summed E-state index contributed by atoms with van der Waals surface area (Å²) in [5.74, 6) is 0.108. The van der Waals surface area contributed by atoms with E-state index in [4.69, 9.17) is 10.5 Å². The first-order valence-electron chi connectivity index (χ1n) is 5.76. The number of halogens is 3. The van der Waals surface area contributed by atoms with Gasteiger partial charge in [-0.1, -0.05) is 0 Å². The second-order valence-electron chi connectivity index (χ2n) is 3.89. The minimum Gasteiger partial charge on any atom is -0.495 e. The minimum atomic E-state index is -3.89. The zero-order chi connectivity index (χ0) is 16.0. The number of nitrogen functional groups attached to an aromatic ring is 1. The lowest BCUT2D eigenvalue weighted by molar-refractivity contribution is 0.0199. The first-order chi connectivity index (χ1) is 9.77. The molecule has 120 valence electrons. The van der Waals surface area contributed by atoms with E-state index in [9.17, 15) is 17.2 Å². The van der Waals surface area contributed by atoms with Crippen LogP contribution in [0, 0.1) is 0 Å². The molecule has 0 amide bonds. The smallest absolute Gasteiger partial charge is 0.261 e. The highest BCUT2D eigenvalue weighted by Crippen LogP contribution is 2.32. The Balaban J connectivity index is 2.76. The van der Waals surface area contributed by atoms with Crippen LogP contribution in [0.3, 0.4) is 0 Å². The standard InChI is InChI=1S/C11H15BrF2N2O4S/c1-19-9-4-7(12)8(15)5-10(9)21(17,18)16-2-3-20-6-11(13)14/h4-5,11,16H,2-3,6,15H2,1H3. The van der Waals surface area contributed by atoms with Crippen LogP contribution in [-0.4, -0.2) is 41.7 Å². The Hall–Kier alpha value is -0.970. The number of nitrogens with two attached hydrogens (primary N) is 1. The van der Waals surface area contributed by atoms with Crippen molar-refractivity contribution >= 4 is 31.6 Å². The Morgan fingerprint density at radius 2 is 2.10 bits per heavy atom. The molecule has 10 heteroatoms. The Labute approximate surface area is 129 Å². The number of alkyl halides is 2. The molecule has 0 aromatic heterocycles. The number of methoxy groups -OCH3 is 1. The van der Waals surface area contributed by atoms with Crippen LogP contribution in [0.15, 0.2) is 21.5 Å². The highest BCUT2D eigenvalue weighted by atomic mass is 79.9. The fourth-order valence-corrected chi connectivity index (χ4v) is 2.94. The number of anilines is 1. The minimum absolute atomic E-state index is 0.108. The molecule has 0 saturated heterocycles. The maximum absolute atomic E-state index is 12.1. The van der Waals surface area contributed by atoms with E-state index in [2.05, 4.69) is 25.4 Å². The van der Waals surface area contributed by atoms with Gasteiger partial charge in [-0.05, 0) is 28.1 Å². The topological polar surface area (TPSA) is 90.7 Å². The molecule has 0 aliphatic carbocycles. The molecule has 0 atom stereocenters. The van der Waals surface area contributed by atoms with Crippen molar-refractivity contribution in [3.05, 3.63) is 16.6 Å². The highest BCUT2D eigenvalue weighted by molar-refractivity contribution is 9.10. The molecule has 0 aliphatic heterocycles. The van der Waals surface area contributed by atoms with Crippen LogP contribution >= 0.6 is 15.9 Å². The quantitative estimate of drug-likeness (QED) is 0.521. The molecular weight excluding hydrogens is 374 g/mol. The highest BCUT2D eigenvalue weighted by Gasteiger charge is 2.20. The van der Waals surface area contributed by atoms with Gasteiger partial charge in [-0.25, -0.2) is 21.9 Å². The van der Waals surface area contributed by atoms with Crippen molar-refractivity contribution in [1.82, 2.24) is 4.72 Å². The molecule has 0 heterocycles. The number of ether oxygens (including phenoxy) is 2. The predicted molar refractivity (Wildman–Crippen MR) is 77.1 cm³/mol. The molecule has 0 saturated carbocycles. The zero-order valence-electron chi connectivity index (χ0n) is 11.1. The van der Waals surface area contributed by atoms with E-state index in [1.165, 1.54) is 19.2 Å². The Morgan fingerprint density at radius 3 is 2.67 bits per heavy atom. The second-order valence-corrected chi connectivity index (χ2v) is 6.48. The molecule has 6 nitrogen and oxygen atoms in total. The van der Waals surface area contributed by atoms with Gasteiger partial charge in [-0.2, -0.15) is 0 Å². The van der Waals surface area contributed by atoms with Crippen molar-refractivity contribution in [2.24, 2.45) is 0 Å². The fraction of sp³-hybridized carbons (Fsp3) is 0.455. The van der Waals surface area contributed by atoms with E-state index >= 15 is 0 Å². The fourth-order valence-electron chi connectivity index (χ4n) is 1.42. The van der Waals surface area contributed by atoms with Crippen LogP contribution in [-0.2, 0) is 14.8 Å². The van der Waals surface area contributed by atoms with Gasteiger partial charge in [0.05, 0.1) is 13.7 Å². The molecule has 1 aromatic carbocycles. The molecule has 1 rings (SSSR count). The van der Waals surface area contributed by atoms with Crippen LogP contribution in [0.25, 0.3) is 0 Å². The lowest BCUT2D eigenvalue weighted by Gasteiger charge is -2.12. The van der Waals surface area contributed by atoms with Gasteiger partial charge >= 0.3 is 0 Å². The summed E-state index contributed by atoms with van der Waals surface area (Å²) in [5, 5.41) is 0. The lowest BCUT2D eigenvalue weighted by Crippen LogP contribution is -2.28. The first-order valence-corrected chi connectivity index (χ1v) is 8.04. The average molecular weight is 389 g/mol. The molecule has 0 unspecified atom stereocenters. The zero-order valence-corrected chi connectivity index (χ0v) is 13.5. The molecule has 0 fully saturated rings. The van der Waals surface area contributed by atoms with Gasteiger partial charge in [0.25, 0.3) is 6.43 Å². The first kappa shape index (κ1) is 18.1. The van der Waals surface area contributed by atoms with Crippen LogP contribution < -0.4 is 15.2 Å². The molecule has 1 aromatic rings. The largest absolute Gasteiger partial charge is 0.495 e. The van der Waals surface area contributed by atoms with Gasteiger partial charge in [-0.3, -0.25) is 0 Å². The third-order valence-electron chi connectivity index (χ3n) is 2.35. The Bertz CT molecular complexity index is 584. The summed E-state index contributed by atoms with van der Waals surface area (Å²) in [7, 11) is -2.56. The van der Waals surface area contributed by atoms with E-state index < -0.39 is 23.1 Å². The maximum atomic E-state index is 12.1. The van der Waals surface area contributed by atoms with Crippen molar-refractivity contribution in [3.8, 4) is 5.75 Å². The van der Waals surface area contributed by atoms with Crippen LogP contribution in [0.1, 0.15) is 0 Å². The normalized spacial score (nSPS) is 11.9. The van der Waals surface area contributed by atoms with Gasteiger partial charge in [-0.15, -0.1) is 0 Å². The number of rotatable bonds is 8. The van der Waals surface area contributed by atoms with Crippen LogP contribution in [0.4, 0.5) is 14.5 Å². The van der Waals surface area contributed by atoms with Crippen molar-refractivity contribution in [2.45, 2.75) is 11.3 Å². The molecule has 21 heavy (non-hydrogen) atoms. The summed E-state index contributed by atoms with van der Waals surface area (Å²) in [6.07, 6.45) is -2.59. The van der Waals surface area contributed by atoms with E-state index in [-0.39, 0.29) is 29.5 Å². The van der Waals surface area contributed by atoms with Gasteiger partial charge in [0.1, 0.15) is 17.3 Å². The SMILES string of the molecule is COc1cc(Br)c(N)cc1S(=O)(=O)NCCOCC(F)F. The average Bonchev–Trinajstić information content (AvgIpc) is 2.40. The van der Waals surface area contributed by atoms with E-state index in [0.29, 0.717) is 4.47 Å². The van der Waals surface area contributed by atoms with Crippen LogP contribution in [0.2, 0.25) is 0 Å². The van der Waals surface area contributed by atoms with E-state index in [0.717, 1.165) is 0 Å². The molecule has 0 radical (unpaired) electrons. The Morgan fingerprint density at radius 1 is 1.43 bits per heavy atom. The predicted octanol–water partition coefficient (Wildman–Crippen LogP) is 1.60. The molecular formula is C11H15BrF2N2O4S. The van der Waals surface area contributed by atoms with Gasteiger partial charge in [0, 0.05) is 16.7 Å². The van der Waals surface area contributed by atoms with Crippen molar-refractivity contribution in [1.29, 1.82) is 0 Å². The number of hydrogen-bond acceptors (Lipinski definition) is 5. The monoisotopic (exact) mass is 388 g/mol. The van der Waals surface area contributed by atoms with Crippen molar-refractivity contribution < 1.29 is 26.7 Å². The summed E-state index contributed by atoms with van der Waals surface area (Å²) >= 11 is 3.16. The molecule has 0 spiro atoms. The van der Waals surface area contributed by atoms with Crippen molar-refractivity contribution in [3.63, 3.8) is 0 Å². The number of benzene rings is 1. The summed E-state index contributed by atoms with van der Waals surface area (Å²) in [5.41, 5.74) is 5.87. The van der Waals surface area contributed by atoms with E-state index in [1.54, 1.807) is 0 Å². The summed E-state index contributed by atoms with van der Waals surface area (Å²) in [6, 6.07) is 2.67.